The molecule has 6 heteroatoms. The summed E-state index contributed by atoms with van der Waals surface area (Å²) in [5, 5.41) is 9.55. The van der Waals surface area contributed by atoms with Crippen molar-refractivity contribution >= 4 is 28.9 Å². The van der Waals surface area contributed by atoms with Crippen molar-refractivity contribution < 1.29 is 0 Å². The molecule has 0 radical (unpaired) electrons. The number of nitrogens with zero attached hydrogens (tertiary/aromatic N) is 3. The molecule has 4 nitrogen and oxygen atoms in total. The maximum atomic E-state index is 6.18. The first-order valence-electron chi connectivity index (χ1n) is 6.29. The third kappa shape index (κ3) is 2.73. The maximum absolute atomic E-state index is 6.18. The zero-order valence-electron chi connectivity index (χ0n) is 11.2. The van der Waals surface area contributed by atoms with Crippen molar-refractivity contribution in [3.63, 3.8) is 0 Å². The van der Waals surface area contributed by atoms with Crippen LogP contribution < -0.4 is 5.73 Å². The predicted molar refractivity (Wildman–Crippen MR) is 86.0 cm³/mol. The summed E-state index contributed by atoms with van der Waals surface area (Å²) >= 11 is 12.2. The lowest BCUT2D eigenvalue weighted by atomic mass is 10.1. The van der Waals surface area contributed by atoms with E-state index in [0.29, 0.717) is 10.7 Å². The zero-order chi connectivity index (χ0) is 15.0. The maximum Gasteiger partial charge on any atom is 0.113 e. The van der Waals surface area contributed by atoms with Gasteiger partial charge in [-0.05, 0) is 42.8 Å². The molecule has 0 bridgehead atoms. The minimum Gasteiger partial charge on any atom is -0.399 e. The Labute approximate surface area is 132 Å². The molecule has 3 aromatic rings. The fourth-order valence-corrected chi connectivity index (χ4v) is 2.42. The van der Waals surface area contributed by atoms with Gasteiger partial charge < -0.3 is 5.73 Å². The topological polar surface area (TPSA) is 56.7 Å². The first-order valence-corrected chi connectivity index (χ1v) is 7.04. The van der Waals surface area contributed by atoms with Crippen LogP contribution in [0.1, 0.15) is 5.56 Å². The highest BCUT2D eigenvalue weighted by molar-refractivity contribution is 6.32. The Hall–Kier alpha value is -2.04. The van der Waals surface area contributed by atoms with E-state index in [2.05, 4.69) is 10.3 Å². The van der Waals surface area contributed by atoms with Gasteiger partial charge in [0.25, 0.3) is 0 Å². The van der Waals surface area contributed by atoms with Crippen molar-refractivity contribution in [3.05, 3.63) is 58.2 Å². The van der Waals surface area contributed by atoms with Gasteiger partial charge >= 0.3 is 0 Å². The molecule has 0 aliphatic rings. The SMILES string of the molecule is Cc1cc(-c2cn(-c3ccc(N)cc3Cl)nn2)ccc1Cl. The second-order valence-corrected chi connectivity index (χ2v) is 5.54. The highest BCUT2D eigenvalue weighted by Crippen LogP contribution is 2.26. The molecule has 2 aromatic carbocycles. The second kappa shape index (κ2) is 5.39. The van der Waals surface area contributed by atoms with Crippen LogP contribution in [-0.4, -0.2) is 15.0 Å². The number of aromatic nitrogens is 3. The van der Waals surface area contributed by atoms with Crippen LogP contribution in [0.15, 0.2) is 42.6 Å². The van der Waals surface area contributed by atoms with Crippen molar-refractivity contribution in [3.8, 4) is 16.9 Å². The zero-order valence-corrected chi connectivity index (χ0v) is 12.7. The largest absolute Gasteiger partial charge is 0.399 e. The second-order valence-electron chi connectivity index (χ2n) is 4.72. The van der Waals surface area contributed by atoms with Gasteiger partial charge in [0, 0.05) is 16.3 Å². The van der Waals surface area contributed by atoms with Gasteiger partial charge in [0.2, 0.25) is 0 Å². The summed E-state index contributed by atoms with van der Waals surface area (Å²) in [5.74, 6) is 0. The van der Waals surface area contributed by atoms with E-state index >= 15 is 0 Å². The van der Waals surface area contributed by atoms with Gasteiger partial charge in [-0.1, -0.05) is 34.5 Å². The van der Waals surface area contributed by atoms with E-state index < -0.39 is 0 Å². The number of halogens is 2. The highest BCUT2D eigenvalue weighted by Gasteiger charge is 2.09. The molecule has 21 heavy (non-hydrogen) atoms. The summed E-state index contributed by atoms with van der Waals surface area (Å²) in [6.45, 7) is 1.95. The first kappa shape index (κ1) is 13.9. The molecule has 0 spiro atoms. The van der Waals surface area contributed by atoms with Crippen LogP contribution in [0.25, 0.3) is 16.9 Å². The van der Waals surface area contributed by atoms with Gasteiger partial charge in [-0.3, -0.25) is 0 Å². The number of rotatable bonds is 2. The molecule has 0 unspecified atom stereocenters. The third-order valence-corrected chi connectivity index (χ3v) is 3.89. The fourth-order valence-electron chi connectivity index (χ4n) is 2.03. The summed E-state index contributed by atoms with van der Waals surface area (Å²) in [5.41, 5.74) is 9.73. The van der Waals surface area contributed by atoms with Gasteiger partial charge in [0.15, 0.2) is 0 Å². The van der Waals surface area contributed by atoms with Gasteiger partial charge in [-0.25, -0.2) is 4.68 Å². The number of anilines is 1. The molecular weight excluding hydrogens is 307 g/mol. The third-order valence-electron chi connectivity index (χ3n) is 3.17. The Morgan fingerprint density at radius 2 is 1.86 bits per heavy atom. The minimum absolute atomic E-state index is 0.527. The molecule has 0 saturated carbocycles. The Morgan fingerprint density at radius 3 is 2.57 bits per heavy atom. The average molecular weight is 319 g/mol. The van der Waals surface area contributed by atoms with Crippen LogP contribution in [0.2, 0.25) is 10.0 Å². The van der Waals surface area contributed by atoms with Crippen molar-refractivity contribution in [2.75, 3.05) is 5.73 Å². The minimum atomic E-state index is 0.527. The number of nitrogen functional groups attached to an aromatic ring is 1. The Balaban J connectivity index is 2.01. The van der Waals surface area contributed by atoms with Gasteiger partial charge in [0.1, 0.15) is 5.69 Å². The normalized spacial score (nSPS) is 10.8. The molecule has 106 valence electrons. The highest BCUT2D eigenvalue weighted by atomic mass is 35.5. The predicted octanol–water partition coefficient (Wildman–Crippen LogP) is 4.13. The molecule has 0 atom stereocenters. The molecule has 1 aromatic heterocycles. The summed E-state index contributed by atoms with van der Waals surface area (Å²) in [6.07, 6.45) is 1.82. The van der Waals surface area contributed by atoms with E-state index in [1.165, 1.54) is 0 Å². The van der Waals surface area contributed by atoms with E-state index in [1.807, 2.05) is 37.4 Å². The van der Waals surface area contributed by atoms with Crippen LogP contribution in [0.4, 0.5) is 5.69 Å². The smallest absolute Gasteiger partial charge is 0.113 e. The van der Waals surface area contributed by atoms with Gasteiger partial charge in [0.05, 0.1) is 16.9 Å². The van der Waals surface area contributed by atoms with Crippen LogP contribution in [0.5, 0.6) is 0 Å². The van der Waals surface area contributed by atoms with Crippen molar-refractivity contribution in [1.29, 1.82) is 0 Å². The molecule has 2 N–H and O–H groups in total. The van der Waals surface area contributed by atoms with E-state index in [4.69, 9.17) is 28.9 Å². The Kier molecular flexibility index (Phi) is 3.57. The monoisotopic (exact) mass is 318 g/mol. The molecule has 0 saturated heterocycles. The van der Waals surface area contributed by atoms with Gasteiger partial charge in [-0.15, -0.1) is 5.10 Å². The van der Waals surface area contributed by atoms with Crippen LogP contribution in [-0.2, 0) is 0 Å². The summed E-state index contributed by atoms with van der Waals surface area (Å²) in [7, 11) is 0. The quantitative estimate of drug-likeness (QED) is 0.723. The van der Waals surface area contributed by atoms with Crippen molar-refractivity contribution in [2.45, 2.75) is 6.92 Å². The fraction of sp³-hybridized carbons (Fsp3) is 0.0667. The van der Waals surface area contributed by atoms with Crippen LogP contribution in [0, 0.1) is 6.92 Å². The van der Waals surface area contributed by atoms with Gasteiger partial charge in [-0.2, -0.15) is 0 Å². The first-order chi connectivity index (χ1) is 10.0. The average Bonchev–Trinajstić information content (AvgIpc) is 2.91. The molecule has 0 aliphatic carbocycles. The molecule has 0 fully saturated rings. The molecular formula is C15H12Cl2N4. The molecule has 1 heterocycles. The summed E-state index contributed by atoms with van der Waals surface area (Å²) in [4.78, 5) is 0. The molecule has 0 aliphatic heterocycles. The Morgan fingerprint density at radius 1 is 1.05 bits per heavy atom. The number of aryl methyl sites for hydroxylation is 1. The van der Waals surface area contributed by atoms with E-state index in [-0.39, 0.29) is 0 Å². The number of nitrogens with two attached hydrogens (primary N) is 1. The Bertz CT molecular complexity index is 811. The van der Waals surface area contributed by atoms with Crippen molar-refractivity contribution in [2.24, 2.45) is 0 Å². The molecule has 0 amide bonds. The number of hydrogen-bond donors (Lipinski definition) is 1. The standard InChI is InChI=1S/C15H12Cl2N4/c1-9-6-10(2-4-12(9)16)14-8-21(20-19-14)15-5-3-11(18)7-13(15)17/h2-8H,18H2,1H3. The van der Waals surface area contributed by atoms with Crippen molar-refractivity contribution in [1.82, 2.24) is 15.0 Å². The van der Waals surface area contributed by atoms with E-state index in [9.17, 15) is 0 Å². The van der Waals surface area contributed by atoms with Crippen LogP contribution in [0.3, 0.4) is 0 Å². The van der Waals surface area contributed by atoms with E-state index in [0.717, 1.165) is 27.5 Å². The summed E-state index contributed by atoms with van der Waals surface area (Å²) < 4.78 is 1.63. The lowest BCUT2D eigenvalue weighted by molar-refractivity contribution is 0.804. The lowest BCUT2D eigenvalue weighted by Gasteiger charge is -2.03. The van der Waals surface area contributed by atoms with E-state index in [1.54, 1.807) is 16.8 Å². The lowest BCUT2D eigenvalue weighted by Crippen LogP contribution is -1.96. The molecule has 3 rings (SSSR count). The summed E-state index contributed by atoms with van der Waals surface area (Å²) in [6, 6.07) is 11.0. The number of benzene rings is 2. The number of hydrogen-bond acceptors (Lipinski definition) is 3. The van der Waals surface area contributed by atoms with Crippen LogP contribution >= 0.6 is 23.2 Å².